The van der Waals surface area contributed by atoms with Crippen LogP contribution in [-0.4, -0.2) is 26.8 Å². The molecule has 14 heavy (non-hydrogen) atoms. The fraction of sp³-hybridized carbons (Fsp3) is 0.222. The highest BCUT2D eigenvalue weighted by Crippen LogP contribution is 2.14. The van der Waals surface area contributed by atoms with Crippen LogP contribution in [-0.2, 0) is 7.05 Å². The molecule has 0 aliphatic carbocycles. The van der Waals surface area contributed by atoms with Crippen molar-refractivity contribution in [2.24, 2.45) is 7.05 Å². The molecule has 0 aliphatic rings. The van der Waals surface area contributed by atoms with Crippen LogP contribution in [0.4, 0.5) is 5.82 Å². The molecule has 0 bridgehead atoms. The summed E-state index contributed by atoms with van der Waals surface area (Å²) in [5.41, 5.74) is 0.921. The van der Waals surface area contributed by atoms with E-state index in [4.69, 9.17) is 0 Å². The lowest BCUT2D eigenvalue weighted by molar-refractivity contribution is 0.768. The Balaban J connectivity index is 2.41. The maximum absolute atomic E-state index is 4.30. The third-order valence-corrected chi connectivity index (χ3v) is 1.87. The van der Waals surface area contributed by atoms with Crippen LogP contribution in [0.25, 0.3) is 11.4 Å². The van der Waals surface area contributed by atoms with Gasteiger partial charge in [-0.2, -0.15) is 5.10 Å². The second-order valence-corrected chi connectivity index (χ2v) is 2.92. The first kappa shape index (κ1) is 8.68. The molecule has 0 unspecified atom stereocenters. The molecule has 2 aromatic rings. The largest absolute Gasteiger partial charge is 0.373 e. The van der Waals surface area contributed by atoms with Crippen molar-refractivity contribution in [1.82, 2.24) is 19.7 Å². The molecule has 2 heterocycles. The first-order valence-electron chi connectivity index (χ1n) is 4.29. The number of nitrogens with zero attached hydrogens (tertiary/aromatic N) is 4. The Morgan fingerprint density at radius 1 is 1.43 bits per heavy atom. The predicted octanol–water partition coefficient (Wildman–Crippen LogP) is 0.919. The first-order valence-corrected chi connectivity index (χ1v) is 4.29. The lowest BCUT2D eigenvalue weighted by atomic mass is 10.3. The molecule has 2 aromatic heterocycles. The Hall–Kier alpha value is -1.91. The summed E-state index contributed by atoms with van der Waals surface area (Å²) in [4.78, 5) is 8.47. The van der Waals surface area contributed by atoms with Crippen LogP contribution in [0.1, 0.15) is 0 Å². The second kappa shape index (κ2) is 3.45. The zero-order valence-electron chi connectivity index (χ0n) is 8.10. The van der Waals surface area contributed by atoms with Gasteiger partial charge in [0.2, 0.25) is 0 Å². The first-order chi connectivity index (χ1) is 6.79. The van der Waals surface area contributed by atoms with E-state index in [1.807, 2.05) is 26.4 Å². The number of rotatable bonds is 2. The molecule has 0 amide bonds. The average molecular weight is 189 g/mol. The second-order valence-electron chi connectivity index (χ2n) is 2.92. The Kier molecular flexibility index (Phi) is 2.14. The van der Waals surface area contributed by atoms with Crippen molar-refractivity contribution < 1.29 is 0 Å². The molecular weight excluding hydrogens is 178 g/mol. The summed E-state index contributed by atoms with van der Waals surface area (Å²) < 4.78 is 1.73. The topological polar surface area (TPSA) is 55.6 Å². The minimum atomic E-state index is 0.685. The normalized spacial score (nSPS) is 10.1. The van der Waals surface area contributed by atoms with Gasteiger partial charge in [0.15, 0.2) is 5.82 Å². The number of hydrogen-bond acceptors (Lipinski definition) is 4. The van der Waals surface area contributed by atoms with Gasteiger partial charge in [-0.3, -0.25) is 4.68 Å². The fourth-order valence-corrected chi connectivity index (χ4v) is 1.17. The molecule has 0 saturated heterocycles. The maximum atomic E-state index is 4.30. The van der Waals surface area contributed by atoms with Gasteiger partial charge in [-0.15, -0.1) is 0 Å². The third-order valence-electron chi connectivity index (χ3n) is 1.87. The van der Waals surface area contributed by atoms with Crippen LogP contribution in [0.2, 0.25) is 0 Å². The van der Waals surface area contributed by atoms with Crippen molar-refractivity contribution in [2.45, 2.75) is 0 Å². The number of nitrogens with one attached hydrogen (secondary N) is 1. The van der Waals surface area contributed by atoms with E-state index in [-0.39, 0.29) is 0 Å². The molecule has 0 spiro atoms. The summed E-state index contributed by atoms with van der Waals surface area (Å²) in [5, 5.41) is 7.03. The SMILES string of the molecule is CNc1ccnc(-c2cnn(C)c2)n1. The van der Waals surface area contributed by atoms with Crippen molar-refractivity contribution >= 4 is 5.82 Å². The molecule has 1 N–H and O–H groups in total. The van der Waals surface area contributed by atoms with Gasteiger partial charge in [0.1, 0.15) is 5.82 Å². The van der Waals surface area contributed by atoms with Crippen LogP contribution >= 0.6 is 0 Å². The minimum absolute atomic E-state index is 0.685. The Labute approximate surface area is 81.8 Å². The maximum Gasteiger partial charge on any atom is 0.164 e. The zero-order chi connectivity index (χ0) is 9.97. The van der Waals surface area contributed by atoms with E-state index >= 15 is 0 Å². The van der Waals surface area contributed by atoms with Crippen molar-refractivity contribution in [1.29, 1.82) is 0 Å². The molecule has 5 heteroatoms. The Morgan fingerprint density at radius 2 is 2.29 bits per heavy atom. The van der Waals surface area contributed by atoms with Crippen molar-refractivity contribution in [3.05, 3.63) is 24.7 Å². The van der Waals surface area contributed by atoms with E-state index < -0.39 is 0 Å². The summed E-state index contributed by atoms with van der Waals surface area (Å²) in [7, 11) is 3.70. The summed E-state index contributed by atoms with van der Waals surface area (Å²) in [5.74, 6) is 1.49. The molecule has 2 rings (SSSR count). The Bertz CT molecular complexity index is 434. The van der Waals surface area contributed by atoms with E-state index in [0.29, 0.717) is 5.82 Å². The standard InChI is InChI=1S/C9H11N5/c1-10-8-3-4-11-9(13-8)7-5-12-14(2)6-7/h3-6H,1-2H3,(H,10,11,13). The van der Waals surface area contributed by atoms with Crippen molar-refractivity contribution in [2.75, 3.05) is 12.4 Å². The monoisotopic (exact) mass is 189 g/mol. The average Bonchev–Trinajstić information content (AvgIpc) is 2.65. The van der Waals surface area contributed by atoms with Gasteiger partial charge in [0.25, 0.3) is 0 Å². The van der Waals surface area contributed by atoms with Crippen LogP contribution in [0.3, 0.4) is 0 Å². The lowest BCUT2D eigenvalue weighted by Gasteiger charge is -1.99. The highest BCUT2D eigenvalue weighted by atomic mass is 15.2. The molecule has 0 fully saturated rings. The quantitative estimate of drug-likeness (QED) is 0.763. The highest BCUT2D eigenvalue weighted by molar-refractivity contribution is 5.54. The van der Waals surface area contributed by atoms with Gasteiger partial charge in [0, 0.05) is 26.5 Å². The van der Waals surface area contributed by atoms with Crippen LogP contribution in [0.5, 0.6) is 0 Å². The van der Waals surface area contributed by atoms with E-state index in [1.165, 1.54) is 0 Å². The molecule has 0 aromatic carbocycles. The van der Waals surface area contributed by atoms with Gasteiger partial charge in [-0.1, -0.05) is 0 Å². The van der Waals surface area contributed by atoms with Crippen molar-refractivity contribution in [3.63, 3.8) is 0 Å². The van der Waals surface area contributed by atoms with Crippen molar-refractivity contribution in [3.8, 4) is 11.4 Å². The number of anilines is 1. The van der Waals surface area contributed by atoms with Gasteiger partial charge >= 0.3 is 0 Å². The number of hydrogen-bond donors (Lipinski definition) is 1. The molecular formula is C9H11N5. The highest BCUT2D eigenvalue weighted by Gasteiger charge is 2.03. The Morgan fingerprint density at radius 3 is 2.93 bits per heavy atom. The number of aromatic nitrogens is 4. The summed E-state index contributed by atoms with van der Waals surface area (Å²) in [6.07, 6.45) is 5.35. The smallest absolute Gasteiger partial charge is 0.164 e. The molecule has 0 aliphatic heterocycles. The van der Waals surface area contributed by atoms with Gasteiger partial charge < -0.3 is 5.32 Å². The van der Waals surface area contributed by atoms with Crippen LogP contribution in [0.15, 0.2) is 24.7 Å². The summed E-state index contributed by atoms with van der Waals surface area (Å²) in [6.45, 7) is 0. The van der Waals surface area contributed by atoms with Crippen LogP contribution < -0.4 is 5.32 Å². The fourth-order valence-electron chi connectivity index (χ4n) is 1.17. The van der Waals surface area contributed by atoms with E-state index in [9.17, 15) is 0 Å². The molecule has 0 radical (unpaired) electrons. The summed E-state index contributed by atoms with van der Waals surface area (Å²) >= 11 is 0. The molecule has 72 valence electrons. The zero-order valence-corrected chi connectivity index (χ0v) is 8.10. The van der Waals surface area contributed by atoms with E-state index in [2.05, 4.69) is 20.4 Å². The van der Waals surface area contributed by atoms with Gasteiger partial charge in [0.05, 0.1) is 11.8 Å². The van der Waals surface area contributed by atoms with Crippen LogP contribution in [0, 0.1) is 0 Å². The van der Waals surface area contributed by atoms with Gasteiger partial charge in [-0.05, 0) is 6.07 Å². The van der Waals surface area contributed by atoms with E-state index in [1.54, 1.807) is 17.1 Å². The van der Waals surface area contributed by atoms with Gasteiger partial charge in [-0.25, -0.2) is 9.97 Å². The molecule has 0 atom stereocenters. The third kappa shape index (κ3) is 1.56. The minimum Gasteiger partial charge on any atom is -0.373 e. The summed E-state index contributed by atoms with van der Waals surface area (Å²) in [6, 6.07) is 1.82. The predicted molar refractivity (Wildman–Crippen MR) is 53.8 cm³/mol. The number of aryl methyl sites for hydroxylation is 1. The lowest BCUT2D eigenvalue weighted by Crippen LogP contribution is -1.95. The van der Waals surface area contributed by atoms with E-state index in [0.717, 1.165) is 11.4 Å². The molecule has 5 nitrogen and oxygen atoms in total. The molecule has 0 saturated carbocycles.